The van der Waals surface area contributed by atoms with Crippen molar-refractivity contribution in [1.82, 2.24) is 9.80 Å². The Hall–Kier alpha value is -2.32. The van der Waals surface area contributed by atoms with Gasteiger partial charge in [-0.1, -0.05) is 17.9 Å². The molecule has 2 amide bonds. The van der Waals surface area contributed by atoms with Crippen LogP contribution in [0.4, 0.5) is 0 Å². The van der Waals surface area contributed by atoms with Crippen LogP contribution in [0.15, 0.2) is 24.3 Å². The molecule has 0 saturated heterocycles. The first kappa shape index (κ1) is 19.7. The zero-order valence-corrected chi connectivity index (χ0v) is 14.9. The first-order chi connectivity index (χ1) is 11.4. The molecule has 0 saturated carbocycles. The van der Waals surface area contributed by atoms with E-state index in [1.54, 1.807) is 51.2 Å². The molecule has 1 aromatic rings. The van der Waals surface area contributed by atoms with Gasteiger partial charge in [0.2, 0.25) is 5.91 Å². The quantitative estimate of drug-likeness (QED) is 0.638. The summed E-state index contributed by atoms with van der Waals surface area (Å²) >= 11 is 0. The van der Waals surface area contributed by atoms with Crippen molar-refractivity contribution >= 4 is 11.8 Å². The maximum absolute atomic E-state index is 12.3. The van der Waals surface area contributed by atoms with E-state index in [-0.39, 0.29) is 24.5 Å². The molecule has 5 nitrogen and oxygen atoms in total. The van der Waals surface area contributed by atoms with Crippen LogP contribution in [-0.2, 0) is 4.79 Å². The van der Waals surface area contributed by atoms with E-state index in [4.69, 9.17) is 5.11 Å². The van der Waals surface area contributed by atoms with Gasteiger partial charge in [-0.2, -0.15) is 0 Å². The number of hydrogen-bond acceptors (Lipinski definition) is 3. The highest BCUT2D eigenvalue weighted by atomic mass is 16.3. The van der Waals surface area contributed by atoms with Gasteiger partial charge in [0, 0.05) is 45.1 Å². The molecule has 0 aliphatic carbocycles. The van der Waals surface area contributed by atoms with Crippen LogP contribution in [0.5, 0.6) is 0 Å². The van der Waals surface area contributed by atoms with Crippen molar-refractivity contribution in [3.05, 3.63) is 35.4 Å². The standard InChI is InChI=1S/C19H26N2O3/c1-15(14-22)21(4)19(24)17-11-8-10-16(13-17)9-6-5-7-12-18(23)20(2)3/h8,10-11,13,15,22H,5,7,12,14H2,1-4H3. The number of amides is 2. The van der Waals surface area contributed by atoms with Gasteiger partial charge in [-0.15, -0.1) is 0 Å². The summed E-state index contributed by atoms with van der Waals surface area (Å²) in [6.45, 7) is 1.71. The summed E-state index contributed by atoms with van der Waals surface area (Å²) in [5.74, 6) is 6.03. The predicted octanol–water partition coefficient (Wildman–Crippen LogP) is 1.75. The molecule has 0 aliphatic rings. The second-order valence-corrected chi connectivity index (χ2v) is 5.97. The minimum absolute atomic E-state index is 0.0760. The van der Waals surface area contributed by atoms with Crippen molar-refractivity contribution in [3.63, 3.8) is 0 Å². The van der Waals surface area contributed by atoms with E-state index in [2.05, 4.69) is 11.8 Å². The fraction of sp³-hybridized carbons (Fsp3) is 0.474. The molecule has 24 heavy (non-hydrogen) atoms. The number of rotatable bonds is 6. The maximum atomic E-state index is 12.3. The summed E-state index contributed by atoms with van der Waals surface area (Å²) in [4.78, 5) is 26.9. The Kier molecular flexibility index (Phi) is 8.00. The summed E-state index contributed by atoms with van der Waals surface area (Å²) in [6, 6.07) is 6.90. The summed E-state index contributed by atoms with van der Waals surface area (Å²) in [6.07, 6.45) is 1.85. The van der Waals surface area contributed by atoms with E-state index < -0.39 is 0 Å². The van der Waals surface area contributed by atoms with Gasteiger partial charge in [-0.05, 0) is 31.5 Å². The van der Waals surface area contributed by atoms with Gasteiger partial charge in [0.1, 0.15) is 0 Å². The molecular weight excluding hydrogens is 304 g/mol. The van der Waals surface area contributed by atoms with Gasteiger partial charge in [-0.3, -0.25) is 9.59 Å². The van der Waals surface area contributed by atoms with E-state index in [0.29, 0.717) is 18.4 Å². The lowest BCUT2D eigenvalue weighted by Crippen LogP contribution is -2.37. The van der Waals surface area contributed by atoms with Crippen molar-refractivity contribution in [1.29, 1.82) is 0 Å². The van der Waals surface area contributed by atoms with Crippen molar-refractivity contribution in [2.24, 2.45) is 0 Å². The Balaban J connectivity index is 2.65. The van der Waals surface area contributed by atoms with Gasteiger partial charge in [0.25, 0.3) is 5.91 Å². The van der Waals surface area contributed by atoms with Gasteiger partial charge in [0.05, 0.1) is 12.6 Å². The van der Waals surface area contributed by atoms with Crippen LogP contribution >= 0.6 is 0 Å². The topological polar surface area (TPSA) is 60.9 Å². The minimum Gasteiger partial charge on any atom is -0.394 e. The molecule has 1 unspecified atom stereocenters. The van der Waals surface area contributed by atoms with E-state index in [9.17, 15) is 9.59 Å². The Bertz CT molecular complexity index is 629. The molecule has 1 aromatic carbocycles. The first-order valence-electron chi connectivity index (χ1n) is 8.04. The number of benzene rings is 1. The third kappa shape index (κ3) is 6.05. The van der Waals surface area contributed by atoms with Crippen molar-refractivity contribution in [3.8, 4) is 11.8 Å². The van der Waals surface area contributed by atoms with E-state index in [1.165, 1.54) is 4.90 Å². The van der Waals surface area contributed by atoms with Crippen LogP contribution in [0.25, 0.3) is 0 Å². The molecule has 0 heterocycles. The molecule has 0 aliphatic heterocycles. The lowest BCUT2D eigenvalue weighted by atomic mass is 10.1. The average molecular weight is 330 g/mol. The van der Waals surface area contributed by atoms with Crippen molar-refractivity contribution in [2.75, 3.05) is 27.7 Å². The Morgan fingerprint density at radius 2 is 1.96 bits per heavy atom. The normalized spacial score (nSPS) is 11.2. The lowest BCUT2D eigenvalue weighted by molar-refractivity contribution is -0.128. The van der Waals surface area contributed by atoms with Gasteiger partial charge >= 0.3 is 0 Å². The summed E-state index contributed by atoms with van der Waals surface area (Å²) in [7, 11) is 5.15. The lowest BCUT2D eigenvalue weighted by Gasteiger charge is -2.23. The summed E-state index contributed by atoms with van der Waals surface area (Å²) in [5.41, 5.74) is 1.32. The highest BCUT2D eigenvalue weighted by Crippen LogP contribution is 2.09. The summed E-state index contributed by atoms with van der Waals surface area (Å²) < 4.78 is 0. The number of hydrogen-bond donors (Lipinski definition) is 1. The molecule has 130 valence electrons. The number of unbranched alkanes of at least 4 members (excludes halogenated alkanes) is 1. The number of likely N-dealkylation sites (N-methyl/N-ethyl adjacent to an activating group) is 1. The number of nitrogens with zero attached hydrogens (tertiary/aromatic N) is 2. The molecule has 0 radical (unpaired) electrons. The van der Waals surface area contributed by atoms with Gasteiger partial charge < -0.3 is 14.9 Å². The predicted molar refractivity (Wildman–Crippen MR) is 94.5 cm³/mol. The van der Waals surface area contributed by atoms with E-state index in [1.807, 2.05) is 6.07 Å². The molecule has 1 N–H and O–H groups in total. The van der Waals surface area contributed by atoms with Crippen LogP contribution < -0.4 is 0 Å². The third-order valence-corrected chi connectivity index (χ3v) is 3.78. The van der Waals surface area contributed by atoms with Crippen LogP contribution in [0, 0.1) is 11.8 Å². The van der Waals surface area contributed by atoms with Gasteiger partial charge in [0.15, 0.2) is 0 Å². The zero-order valence-electron chi connectivity index (χ0n) is 14.9. The Labute approximate surface area is 144 Å². The highest BCUT2D eigenvalue weighted by Gasteiger charge is 2.16. The monoisotopic (exact) mass is 330 g/mol. The first-order valence-corrected chi connectivity index (χ1v) is 8.04. The third-order valence-electron chi connectivity index (χ3n) is 3.78. The minimum atomic E-state index is -0.235. The molecule has 0 bridgehead atoms. The number of carbonyl (C=O) groups excluding carboxylic acids is 2. The van der Waals surface area contributed by atoms with Gasteiger partial charge in [-0.25, -0.2) is 0 Å². The van der Waals surface area contributed by atoms with Crippen LogP contribution in [0.2, 0.25) is 0 Å². The van der Waals surface area contributed by atoms with E-state index >= 15 is 0 Å². The SMILES string of the molecule is CC(CO)N(C)C(=O)c1cccc(C#CCCCC(=O)N(C)C)c1. The fourth-order valence-electron chi connectivity index (χ4n) is 1.97. The second-order valence-electron chi connectivity index (χ2n) is 5.97. The molecule has 0 spiro atoms. The Morgan fingerprint density at radius 1 is 1.25 bits per heavy atom. The van der Waals surface area contributed by atoms with Crippen LogP contribution in [0.3, 0.4) is 0 Å². The second kappa shape index (κ2) is 9.74. The van der Waals surface area contributed by atoms with Crippen molar-refractivity contribution in [2.45, 2.75) is 32.2 Å². The number of aliphatic hydroxyl groups is 1. The molecule has 0 aromatic heterocycles. The largest absolute Gasteiger partial charge is 0.394 e. The molecule has 5 heteroatoms. The molecule has 1 atom stereocenters. The molecule has 1 rings (SSSR count). The highest BCUT2D eigenvalue weighted by molar-refractivity contribution is 5.94. The van der Waals surface area contributed by atoms with E-state index in [0.717, 1.165) is 12.0 Å². The molecular formula is C19H26N2O3. The smallest absolute Gasteiger partial charge is 0.253 e. The Morgan fingerprint density at radius 3 is 2.58 bits per heavy atom. The number of aliphatic hydroxyl groups excluding tert-OH is 1. The van der Waals surface area contributed by atoms with Crippen LogP contribution in [-0.4, -0.2) is 60.5 Å². The van der Waals surface area contributed by atoms with Crippen LogP contribution in [0.1, 0.15) is 42.1 Å². The number of carbonyl (C=O) groups is 2. The fourth-order valence-corrected chi connectivity index (χ4v) is 1.97. The average Bonchev–Trinajstić information content (AvgIpc) is 2.59. The molecule has 0 fully saturated rings. The zero-order chi connectivity index (χ0) is 18.1. The maximum Gasteiger partial charge on any atom is 0.253 e. The van der Waals surface area contributed by atoms with Crippen molar-refractivity contribution < 1.29 is 14.7 Å². The summed E-state index contributed by atoms with van der Waals surface area (Å²) in [5, 5.41) is 9.15.